The fourth-order valence-corrected chi connectivity index (χ4v) is 7.14. The Morgan fingerprint density at radius 1 is 1.04 bits per heavy atom. The molecule has 47 heavy (non-hydrogen) atoms. The number of nitrogens with two attached hydrogens (primary N) is 1. The summed E-state index contributed by atoms with van der Waals surface area (Å²) in [5.41, 5.74) is 15.1. The third kappa shape index (κ3) is 5.96. The van der Waals surface area contributed by atoms with Gasteiger partial charge in [0.15, 0.2) is 15.5 Å². The smallest absolute Gasteiger partial charge is 0.294 e. The van der Waals surface area contributed by atoms with E-state index in [0.717, 1.165) is 45.1 Å². The Morgan fingerprint density at radius 3 is 2.53 bits per heavy atom. The summed E-state index contributed by atoms with van der Waals surface area (Å²) < 4.78 is 3.91. The van der Waals surface area contributed by atoms with E-state index in [1.165, 1.54) is 0 Å². The molecule has 0 saturated carbocycles. The fraction of sp³-hybridized carbons (Fsp3) is 0.152. The number of carbonyl (C=O) groups excluding carboxylic acids is 1. The van der Waals surface area contributed by atoms with E-state index < -0.39 is 5.91 Å². The number of nitrogens with zero attached hydrogens (tertiary/aromatic N) is 5. The van der Waals surface area contributed by atoms with Crippen LogP contribution in [0.15, 0.2) is 110 Å². The number of hydrogen-bond donors (Lipinski definition) is 4. The maximum absolute atomic E-state index is 13.2. The van der Waals surface area contributed by atoms with E-state index in [-0.39, 0.29) is 23.1 Å². The monoisotopic (exact) mass is 681 g/mol. The summed E-state index contributed by atoms with van der Waals surface area (Å²) in [5, 5.41) is 20.2. The molecule has 1 aliphatic carbocycles. The summed E-state index contributed by atoms with van der Waals surface area (Å²) in [6.45, 7) is 1.99. The van der Waals surface area contributed by atoms with E-state index in [1.54, 1.807) is 9.25 Å². The van der Waals surface area contributed by atoms with Crippen molar-refractivity contribution in [1.29, 1.82) is 0 Å². The van der Waals surface area contributed by atoms with Gasteiger partial charge in [-0.2, -0.15) is 10.2 Å². The third-order valence-corrected chi connectivity index (χ3v) is 9.71. The molecule has 236 valence electrons. The zero-order valence-corrected chi connectivity index (χ0v) is 27.4. The zero-order chi connectivity index (χ0) is 32.7. The minimum Gasteiger partial charge on any atom is -0.383 e. The van der Waals surface area contributed by atoms with Crippen molar-refractivity contribution in [1.82, 2.24) is 19.8 Å². The number of aromatic amines is 1. The maximum atomic E-state index is 13.2. The van der Waals surface area contributed by atoms with E-state index in [2.05, 4.69) is 31.2 Å². The molecule has 0 fully saturated rings. The maximum Gasteiger partial charge on any atom is 0.294 e. The second-order valence-electron chi connectivity index (χ2n) is 11.2. The van der Waals surface area contributed by atoms with Gasteiger partial charge >= 0.3 is 0 Å². The van der Waals surface area contributed by atoms with Crippen LogP contribution < -0.4 is 22.0 Å². The molecular formula is C33H28ClN9O2S2. The number of allylic oxidation sites excluding steroid dienone is 2. The zero-order valence-electron chi connectivity index (χ0n) is 25.0. The van der Waals surface area contributed by atoms with Crippen molar-refractivity contribution in [3.8, 4) is 5.69 Å². The van der Waals surface area contributed by atoms with Crippen LogP contribution in [0.1, 0.15) is 46.1 Å². The molecule has 1 aliphatic heterocycles. The molecular weight excluding hydrogens is 654 g/mol. The Balaban J connectivity index is 1.18. The second kappa shape index (κ2) is 12.6. The van der Waals surface area contributed by atoms with E-state index in [4.69, 9.17) is 29.6 Å². The van der Waals surface area contributed by atoms with Crippen molar-refractivity contribution in [2.75, 3.05) is 11.1 Å². The molecule has 5 N–H and O–H groups in total. The molecule has 0 bridgehead atoms. The average molecular weight is 682 g/mol. The number of hydrogen-bond acceptors (Lipinski definition) is 9. The van der Waals surface area contributed by atoms with Crippen molar-refractivity contribution in [2.24, 2.45) is 15.3 Å². The molecule has 0 radical (unpaired) electrons. The lowest BCUT2D eigenvalue weighted by Gasteiger charge is -2.35. The standard InChI is InChI=1S/C33H28ClN9O2S2/c1-18-7-13-21(14-8-18)37-39-26-30-36-25-16-15-22(17-24(25)27(43(30)41-31(26)44)19-9-11-20(34)12-10-19)38-40-32(45)28-29(35)42(33(46)47-28)23-5-3-2-4-6-23/h2-14,27,36H,15-17,35H2,1H3,(H,40,45)(H,41,44). The van der Waals surface area contributed by atoms with Crippen LogP contribution in [0.5, 0.6) is 0 Å². The number of fused-ring (bicyclic) bond motifs is 1. The quantitative estimate of drug-likeness (QED) is 0.0816. The van der Waals surface area contributed by atoms with E-state index in [9.17, 15) is 9.59 Å². The van der Waals surface area contributed by atoms with Gasteiger partial charge in [0.05, 0.1) is 5.69 Å². The summed E-state index contributed by atoms with van der Waals surface area (Å²) in [6, 6.07) is 24.1. The van der Waals surface area contributed by atoms with Crippen LogP contribution >= 0.6 is 35.2 Å². The van der Waals surface area contributed by atoms with Crippen LogP contribution in [0.25, 0.3) is 5.69 Å². The topological polar surface area (TPSA) is 147 Å². The first-order valence-electron chi connectivity index (χ1n) is 14.8. The van der Waals surface area contributed by atoms with E-state index in [1.807, 2.05) is 85.8 Å². The van der Waals surface area contributed by atoms with Crippen LogP contribution in [-0.4, -0.2) is 26.0 Å². The molecule has 3 aromatic carbocycles. The van der Waals surface area contributed by atoms with Crippen molar-refractivity contribution >= 4 is 69.8 Å². The van der Waals surface area contributed by atoms with Crippen molar-refractivity contribution < 1.29 is 4.79 Å². The fourth-order valence-electron chi connectivity index (χ4n) is 5.75. The number of rotatable bonds is 6. The van der Waals surface area contributed by atoms with Crippen LogP contribution in [0.2, 0.25) is 5.02 Å². The van der Waals surface area contributed by atoms with E-state index >= 15 is 0 Å². The van der Waals surface area contributed by atoms with Gasteiger partial charge in [-0.25, -0.2) is 5.43 Å². The number of halogens is 1. The third-order valence-electron chi connectivity index (χ3n) is 8.07. The number of para-hydroxylation sites is 1. The predicted octanol–water partition coefficient (Wildman–Crippen LogP) is 7.96. The van der Waals surface area contributed by atoms with Crippen LogP contribution in [0.4, 0.5) is 23.0 Å². The molecule has 1 unspecified atom stereocenters. The summed E-state index contributed by atoms with van der Waals surface area (Å²) in [5.74, 6) is 0.353. The minimum absolute atomic E-state index is 0.185. The lowest BCUT2D eigenvalue weighted by atomic mass is 9.85. The van der Waals surface area contributed by atoms with Gasteiger partial charge in [-0.05, 0) is 79.5 Å². The molecule has 11 nitrogen and oxygen atoms in total. The highest BCUT2D eigenvalue weighted by Gasteiger charge is 2.35. The van der Waals surface area contributed by atoms with Gasteiger partial charge in [-0.1, -0.05) is 71.0 Å². The SMILES string of the molecule is Cc1ccc(N=Nc2c3n([nH]c2=O)C(c2ccc(Cl)cc2)C2=C(CCC(=NNC(=O)c4sc(=S)n(-c5ccccc5)c4N)C2)N3)cc1. The van der Waals surface area contributed by atoms with Gasteiger partial charge in [0, 0.05) is 28.5 Å². The molecule has 14 heteroatoms. The van der Waals surface area contributed by atoms with Crippen LogP contribution in [0.3, 0.4) is 0 Å². The highest BCUT2D eigenvalue weighted by molar-refractivity contribution is 7.73. The van der Waals surface area contributed by atoms with Gasteiger partial charge < -0.3 is 11.1 Å². The Bertz CT molecular complexity index is 2210. The highest BCUT2D eigenvalue weighted by Crippen LogP contribution is 2.43. The summed E-state index contributed by atoms with van der Waals surface area (Å²) in [6.07, 6.45) is 1.64. The average Bonchev–Trinajstić information content (AvgIpc) is 3.56. The number of amides is 1. The molecule has 0 spiro atoms. The molecule has 5 aromatic rings. The molecule has 0 saturated heterocycles. The Kier molecular flexibility index (Phi) is 8.18. The Labute approximate surface area is 283 Å². The van der Waals surface area contributed by atoms with Gasteiger partial charge in [0.25, 0.3) is 11.5 Å². The second-order valence-corrected chi connectivity index (χ2v) is 13.3. The first-order chi connectivity index (χ1) is 22.8. The number of hydrazone groups is 1. The molecule has 1 atom stereocenters. The first kappa shape index (κ1) is 30.5. The largest absolute Gasteiger partial charge is 0.383 e. The normalized spacial score (nSPS) is 16.6. The number of H-pyrrole nitrogens is 1. The lowest BCUT2D eigenvalue weighted by molar-refractivity contribution is 0.0959. The molecule has 7 rings (SSSR count). The summed E-state index contributed by atoms with van der Waals surface area (Å²) in [4.78, 5) is 26.8. The number of carbonyl (C=O) groups is 1. The van der Waals surface area contributed by atoms with Crippen molar-refractivity contribution in [3.63, 3.8) is 0 Å². The van der Waals surface area contributed by atoms with Gasteiger partial charge in [-0.3, -0.25) is 23.9 Å². The Hall–Kier alpha value is -5.11. The highest BCUT2D eigenvalue weighted by atomic mass is 35.5. The molecule has 1 amide bonds. The first-order valence-corrected chi connectivity index (χ1v) is 16.4. The predicted molar refractivity (Wildman–Crippen MR) is 188 cm³/mol. The molecule has 2 aromatic heterocycles. The summed E-state index contributed by atoms with van der Waals surface area (Å²) >= 11 is 12.9. The van der Waals surface area contributed by atoms with Gasteiger partial charge in [-0.15, -0.1) is 5.11 Å². The Morgan fingerprint density at radius 2 is 1.79 bits per heavy atom. The van der Waals surface area contributed by atoms with Crippen LogP contribution in [-0.2, 0) is 0 Å². The number of aromatic nitrogens is 3. The van der Waals surface area contributed by atoms with E-state index in [0.29, 0.717) is 44.6 Å². The number of azo groups is 1. The van der Waals surface area contributed by atoms with Gasteiger partial charge in [0.2, 0.25) is 0 Å². The van der Waals surface area contributed by atoms with Gasteiger partial charge in [0.1, 0.15) is 16.7 Å². The lowest BCUT2D eigenvalue weighted by Crippen LogP contribution is -2.30. The van der Waals surface area contributed by atoms with Crippen molar-refractivity contribution in [3.05, 3.63) is 125 Å². The number of nitrogen functional groups attached to an aromatic ring is 1. The van der Waals surface area contributed by atoms with Crippen molar-refractivity contribution in [2.45, 2.75) is 32.2 Å². The molecule has 2 aliphatic rings. The van der Waals surface area contributed by atoms with Crippen LogP contribution in [0, 0.1) is 10.9 Å². The number of anilines is 2. The number of nitrogens with one attached hydrogen (secondary N) is 3. The minimum atomic E-state index is -0.433. The number of aryl methyl sites for hydroxylation is 1. The summed E-state index contributed by atoms with van der Waals surface area (Å²) in [7, 11) is 0. The number of thiazole rings is 1. The number of benzene rings is 3. The molecule has 3 heterocycles.